The second-order valence-electron chi connectivity index (χ2n) is 5.74. The van der Waals surface area contributed by atoms with Crippen molar-refractivity contribution in [3.63, 3.8) is 0 Å². The molecule has 1 aromatic heterocycles. The van der Waals surface area contributed by atoms with Crippen LogP contribution in [0.3, 0.4) is 0 Å². The maximum Gasteiger partial charge on any atom is 0.300 e. The summed E-state index contributed by atoms with van der Waals surface area (Å²) < 4.78 is 4.68. The van der Waals surface area contributed by atoms with Gasteiger partial charge in [-0.15, -0.1) is 0 Å². The molecule has 1 aromatic carbocycles. The molecular formula is C14H19N5O3. The van der Waals surface area contributed by atoms with Gasteiger partial charge in [0.2, 0.25) is 5.52 Å². The summed E-state index contributed by atoms with van der Waals surface area (Å²) in [4.78, 5) is 10.5. The fourth-order valence-electron chi connectivity index (χ4n) is 3.22. The van der Waals surface area contributed by atoms with E-state index in [1.165, 1.54) is 25.3 Å². The first kappa shape index (κ1) is 14.7. The molecule has 1 saturated carbocycles. The van der Waals surface area contributed by atoms with Gasteiger partial charge in [-0.3, -0.25) is 10.1 Å². The molecule has 0 spiro atoms. The number of benzene rings is 1. The number of fused-ring (bicyclic) bond motifs is 1. The van der Waals surface area contributed by atoms with Gasteiger partial charge in [-0.2, -0.15) is 0 Å². The van der Waals surface area contributed by atoms with Crippen molar-refractivity contribution >= 4 is 22.4 Å². The summed E-state index contributed by atoms with van der Waals surface area (Å²) in [5.41, 5.74) is 7.03. The van der Waals surface area contributed by atoms with E-state index in [-0.39, 0.29) is 17.2 Å². The lowest BCUT2D eigenvalue weighted by molar-refractivity contribution is -0.383. The van der Waals surface area contributed by atoms with Crippen molar-refractivity contribution in [3.05, 3.63) is 22.2 Å². The van der Waals surface area contributed by atoms with E-state index in [1.54, 1.807) is 6.07 Å². The van der Waals surface area contributed by atoms with Gasteiger partial charge in [0, 0.05) is 18.7 Å². The molecule has 0 saturated heterocycles. The Labute approximate surface area is 127 Å². The van der Waals surface area contributed by atoms with Crippen LogP contribution in [0.2, 0.25) is 0 Å². The van der Waals surface area contributed by atoms with Crippen LogP contribution in [0.1, 0.15) is 32.1 Å². The highest BCUT2D eigenvalue weighted by Crippen LogP contribution is 2.32. The number of nitrogens with zero attached hydrogens (tertiary/aromatic N) is 3. The molecule has 0 bridgehead atoms. The van der Waals surface area contributed by atoms with Crippen LogP contribution in [0.25, 0.3) is 11.0 Å². The molecule has 0 radical (unpaired) electrons. The normalized spacial score (nSPS) is 17.5. The van der Waals surface area contributed by atoms with Gasteiger partial charge in [-0.05, 0) is 35.1 Å². The van der Waals surface area contributed by atoms with Gasteiger partial charge in [0.25, 0.3) is 0 Å². The van der Waals surface area contributed by atoms with Gasteiger partial charge < -0.3 is 11.1 Å². The quantitative estimate of drug-likeness (QED) is 0.643. The van der Waals surface area contributed by atoms with Crippen LogP contribution in [-0.2, 0) is 0 Å². The van der Waals surface area contributed by atoms with Gasteiger partial charge in [0.05, 0.1) is 10.6 Å². The first-order valence-electron chi connectivity index (χ1n) is 7.57. The largest absolute Gasteiger partial charge is 0.379 e. The average molecular weight is 305 g/mol. The van der Waals surface area contributed by atoms with Crippen LogP contribution in [0.4, 0.5) is 11.4 Å². The Balaban J connectivity index is 1.88. The number of rotatable bonds is 5. The second-order valence-corrected chi connectivity index (χ2v) is 5.74. The molecule has 1 aliphatic rings. The molecule has 1 heterocycles. The van der Waals surface area contributed by atoms with E-state index < -0.39 is 4.92 Å². The van der Waals surface area contributed by atoms with Crippen molar-refractivity contribution in [1.82, 2.24) is 10.3 Å². The number of hydrogen-bond donors (Lipinski definition) is 2. The smallest absolute Gasteiger partial charge is 0.300 e. The first-order valence-corrected chi connectivity index (χ1v) is 7.57. The molecule has 3 rings (SSSR count). The van der Waals surface area contributed by atoms with E-state index in [2.05, 4.69) is 20.3 Å². The number of anilines is 1. The Morgan fingerprint density at radius 1 is 1.32 bits per heavy atom. The van der Waals surface area contributed by atoms with Crippen molar-refractivity contribution in [2.24, 2.45) is 11.7 Å². The summed E-state index contributed by atoms with van der Waals surface area (Å²) in [6.45, 7) is 0.508. The van der Waals surface area contributed by atoms with Crippen LogP contribution >= 0.6 is 0 Å². The number of nitrogens with one attached hydrogen (secondary N) is 1. The highest BCUT2D eigenvalue weighted by molar-refractivity contribution is 5.93. The van der Waals surface area contributed by atoms with Crippen molar-refractivity contribution in [2.75, 3.05) is 11.9 Å². The van der Waals surface area contributed by atoms with E-state index >= 15 is 0 Å². The minimum absolute atomic E-state index is 0.108. The number of nitro groups is 1. The number of non-ortho nitro benzene ring substituents is 1. The summed E-state index contributed by atoms with van der Waals surface area (Å²) in [5.74, 6) is 0.517. The third-order valence-corrected chi connectivity index (χ3v) is 4.40. The van der Waals surface area contributed by atoms with Crippen molar-refractivity contribution < 1.29 is 9.55 Å². The molecule has 1 atom stereocenters. The van der Waals surface area contributed by atoms with Gasteiger partial charge >= 0.3 is 5.69 Å². The minimum atomic E-state index is -0.488. The molecule has 1 unspecified atom stereocenters. The Kier molecular flexibility index (Phi) is 4.19. The van der Waals surface area contributed by atoms with Crippen molar-refractivity contribution in [1.29, 1.82) is 0 Å². The summed E-state index contributed by atoms with van der Waals surface area (Å²) in [6, 6.07) is 3.20. The third-order valence-electron chi connectivity index (χ3n) is 4.40. The zero-order valence-electron chi connectivity index (χ0n) is 12.2. The lowest BCUT2D eigenvalue weighted by Crippen LogP contribution is -2.37. The van der Waals surface area contributed by atoms with Crippen molar-refractivity contribution in [3.8, 4) is 0 Å². The SMILES string of the molecule is NCC(Nc1ccc([N+](=O)[O-])c2nonc12)C1CCCCC1. The maximum absolute atomic E-state index is 11.0. The van der Waals surface area contributed by atoms with Crippen LogP contribution in [0.5, 0.6) is 0 Å². The van der Waals surface area contributed by atoms with Gasteiger partial charge in [0.1, 0.15) is 0 Å². The standard InChI is InChI=1S/C14H19N5O3/c15-8-11(9-4-2-1-3-5-9)16-10-6-7-12(19(20)21)14-13(10)17-22-18-14/h6-7,9,11,16H,1-5,8,15H2. The topological polar surface area (TPSA) is 120 Å². The third kappa shape index (κ3) is 2.74. The van der Waals surface area contributed by atoms with Crippen LogP contribution in [0, 0.1) is 16.0 Å². The Morgan fingerprint density at radius 2 is 2.05 bits per heavy atom. The predicted octanol–water partition coefficient (Wildman–Crippen LogP) is 2.45. The van der Waals surface area contributed by atoms with Crippen molar-refractivity contribution in [2.45, 2.75) is 38.1 Å². The molecule has 0 amide bonds. The second kappa shape index (κ2) is 6.27. The van der Waals surface area contributed by atoms with Gasteiger partial charge in [0.15, 0.2) is 5.52 Å². The summed E-state index contributed by atoms with van der Waals surface area (Å²) in [5, 5.41) is 21.8. The molecule has 8 nitrogen and oxygen atoms in total. The zero-order valence-corrected chi connectivity index (χ0v) is 12.2. The number of hydrogen-bond acceptors (Lipinski definition) is 7. The Bertz CT molecular complexity index is 666. The molecular weight excluding hydrogens is 286 g/mol. The molecule has 1 fully saturated rings. The maximum atomic E-state index is 11.0. The van der Waals surface area contributed by atoms with Crippen LogP contribution in [0.15, 0.2) is 16.8 Å². The molecule has 22 heavy (non-hydrogen) atoms. The number of nitro benzene ring substituents is 1. The first-order chi connectivity index (χ1) is 10.7. The van der Waals surface area contributed by atoms with E-state index in [4.69, 9.17) is 5.73 Å². The summed E-state index contributed by atoms with van der Waals surface area (Å²) in [6.07, 6.45) is 6.04. The van der Waals surface area contributed by atoms with Gasteiger partial charge in [-0.1, -0.05) is 19.3 Å². The number of aromatic nitrogens is 2. The summed E-state index contributed by atoms with van der Waals surface area (Å²) in [7, 11) is 0. The van der Waals surface area contributed by atoms with E-state index in [1.807, 2.05) is 0 Å². The summed E-state index contributed by atoms with van der Waals surface area (Å²) >= 11 is 0. The van der Waals surface area contributed by atoms with Gasteiger partial charge in [-0.25, -0.2) is 4.63 Å². The predicted molar refractivity (Wildman–Crippen MR) is 81.5 cm³/mol. The van der Waals surface area contributed by atoms with E-state index in [9.17, 15) is 10.1 Å². The molecule has 1 aliphatic carbocycles. The zero-order chi connectivity index (χ0) is 15.5. The molecule has 2 aromatic rings. The van der Waals surface area contributed by atoms with E-state index in [0.717, 1.165) is 12.8 Å². The molecule has 118 valence electrons. The minimum Gasteiger partial charge on any atom is -0.379 e. The lowest BCUT2D eigenvalue weighted by atomic mass is 9.84. The molecule has 0 aliphatic heterocycles. The lowest BCUT2D eigenvalue weighted by Gasteiger charge is -2.30. The fraction of sp³-hybridized carbons (Fsp3) is 0.571. The fourth-order valence-corrected chi connectivity index (χ4v) is 3.22. The number of nitrogens with two attached hydrogens (primary N) is 1. The highest BCUT2D eigenvalue weighted by Gasteiger charge is 2.25. The monoisotopic (exact) mass is 305 g/mol. The van der Waals surface area contributed by atoms with Crippen LogP contribution in [-0.4, -0.2) is 27.8 Å². The Morgan fingerprint density at radius 3 is 2.73 bits per heavy atom. The van der Waals surface area contributed by atoms with Crippen LogP contribution < -0.4 is 11.1 Å². The highest BCUT2D eigenvalue weighted by atomic mass is 16.6. The molecule has 8 heteroatoms. The molecule has 3 N–H and O–H groups in total. The average Bonchev–Trinajstić information content (AvgIpc) is 3.02. The Hall–Kier alpha value is -2.22. The van der Waals surface area contributed by atoms with E-state index in [0.29, 0.717) is 23.7 Å².